The number of hydrogen-bond acceptors (Lipinski definition) is 5. The lowest BCUT2D eigenvalue weighted by Gasteiger charge is -2.11. The first-order valence-corrected chi connectivity index (χ1v) is 9.07. The van der Waals surface area contributed by atoms with Crippen LogP contribution in [-0.4, -0.2) is 25.7 Å². The van der Waals surface area contributed by atoms with Crippen LogP contribution in [0.4, 0.5) is 5.69 Å². The van der Waals surface area contributed by atoms with Crippen molar-refractivity contribution in [2.24, 2.45) is 0 Å². The van der Waals surface area contributed by atoms with Gasteiger partial charge in [0.25, 0.3) is 5.56 Å². The Labute approximate surface area is 162 Å². The van der Waals surface area contributed by atoms with E-state index in [9.17, 15) is 9.59 Å². The van der Waals surface area contributed by atoms with E-state index in [0.717, 1.165) is 16.6 Å². The predicted octanol–water partition coefficient (Wildman–Crippen LogP) is 2.76. The number of amides is 1. The number of nitriles is 1. The van der Waals surface area contributed by atoms with Crippen molar-refractivity contribution >= 4 is 22.6 Å². The maximum Gasteiger partial charge on any atom is 0.266 e. The molecule has 3 heterocycles. The zero-order chi connectivity index (χ0) is 20.4. The fourth-order valence-corrected chi connectivity index (χ4v) is 3.27. The lowest BCUT2D eigenvalue weighted by molar-refractivity contribution is -0.116. The molecule has 0 saturated carbocycles. The fourth-order valence-electron chi connectivity index (χ4n) is 3.27. The Hall–Kier alpha value is -3.47. The Kier molecular flexibility index (Phi) is 5.27. The molecule has 28 heavy (non-hydrogen) atoms. The van der Waals surface area contributed by atoms with Crippen LogP contribution < -0.4 is 10.9 Å². The topological polar surface area (TPSA) is 116 Å². The number of aromatic nitrogens is 4. The number of H-pyrrole nitrogens is 1. The molecule has 8 heteroatoms. The summed E-state index contributed by atoms with van der Waals surface area (Å²) >= 11 is 0. The van der Waals surface area contributed by atoms with Crippen molar-refractivity contribution < 1.29 is 4.79 Å². The number of fused-ring (bicyclic) bond motifs is 1. The largest absolute Gasteiger partial charge is 0.325 e. The first-order chi connectivity index (χ1) is 13.3. The molecule has 0 aliphatic carbocycles. The summed E-state index contributed by atoms with van der Waals surface area (Å²) in [6.45, 7) is 7.57. The molecular formula is C20H22N6O2. The van der Waals surface area contributed by atoms with Crippen molar-refractivity contribution in [3.63, 3.8) is 0 Å². The number of aromatic amines is 1. The van der Waals surface area contributed by atoms with E-state index in [0.29, 0.717) is 23.4 Å². The molecule has 144 valence electrons. The van der Waals surface area contributed by atoms with E-state index >= 15 is 0 Å². The molecule has 3 rings (SSSR count). The van der Waals surface area contributed by atoms with Crippen molar-refractivity contribution in [1.82, 2.24) is 19.7 Å². The predicted molar refractivity (Wildman–Crippen MR) is 106 cm³/mol. The lowest BCUT2D eigenvalue weighted by atomic mass is 9.99. The number of pyridine rings is 2. The monoisotopic (exact) mass is 378 g/mol. The van der Waals surface area contributed by atoms with Crippen molar-refractivity contribution in [2.45, 2.75) is 46.6 Å². The number of carbonyl (C=O) groups excluding carboxylic acids is 1. The summed E-state index contributed by atoms with van der Waals surface area (Å²) in [4.78, 5) is 31.3. The normalized spacial score (nSPS) is 11.0. The maximum atomic E-state index is 12.4. The minimum Gasteiger partial charge on any atom is -0.325 e. The van der Waals surface area contributed by atoms with Crippen LogP contribution in [0, 0.1) is 25.2 Å². The van der Waals surface area contributed by atoms with Crippen molar-refractivity contribution in [2.75, 3.05) is 5.32 Å². The van der Waals surface area contributed by atoms with E-state index in [1.54, 1.807) is 26.2 Å². The van der Waals surface area contributed by atoms with Crippen molar-refractivity contribution in [3.8, 4) is 6.07 Å². The van der Waals surface area contributed by atoms with E-state index in [-0.39, 0.29) is 23.9 Å². The second kappa shape index (κ2) is 7.64. The van der Waals surface area contributed by atoms with Crippen LogP contribution in [0.15, 0.2) is 23.3 Å². The first kappa shape index (κ1) is 19.3. The van der Waals surface area contributed by atoms with Crippen molar-refractivity contribution in [3.05, 3.63) is 51.2 Å². The van der Waals surface area contributed by atoms with Gasteiger partial charge in [-0.1, -0.05) is 0 Å². The minimum absolute atomic E-state index is 0.0952. The fraction of sp³-hybridized carbons (Fsp3) is 0.350. The highest BCUT2D eigenvalue weighted by atomic mass is 16.1. The summed E-state index contributed by atoms with van der Waals surface area (Å²) in [7, 11) is 0. The number of nitrogens with one attached hydrogen (secondary N) is 2. The molecule has 1 amide bonds. The number of rotatable bonds is 5. The highest BCUT2D eigenvalue weighted by molar-refractivity contribution is 5.92. The highest BCUT2D eigenvalue weighted by Crippen LogP contribution is 2.20. The molecule has 8 nitrogen and oxygen atoms in total. The van der Waals surface area contributed by atoms with E-state index in [4.69, 9.17) is 5.26 Å². The molecule has 0 aliphatic heterocycles. The van der Waals surface area contributed by atoms with Gasteiger partial charge in [0.2, 0.25) is 5.91 Å². The summed E-state index contributed by atoms with van der Waals surface area (Å²) in [5, 5.41) is 17.2. The van der Waals surface area contributed by atoms with Crippen LogP contribution >= 0.6 is 0 Å². The van der Waals surface area contributed by atoms with Crippen LogP contribution in [0.25, 0.3) is 11.0 Å². The number of carbonyl (C=O) groups is 1. The van der Waals surface area contributed by atoms with Crippen LogP contribution in [0.3, 0.4) is 0 Å². The summed E-state index contributed by atoms with van der Waals surface area (Å²) in [6.07, 6.45) is 4.00. The molecule has 0 bridgehead atoms. The molecular weight excluding hydrogens is 356 g/mol. The van der Waals surface area contributed by atoms with E-state index in [1.807, 2.05) is 30.7 Å². The molecule has 0 aliphatic rings. The zero-order valence-corrected chi connectivity index (χ0v) is 16.3. The molecule has 0 radical (unpaired) electrons. The number of anilines is 1. The van der Waals surface area contributed by atoms with Gasteiger partial charge in [-0.3, -0.25) is 9.59 Å². The van der Waals surface area contributed by atoms with Crippen LogP contribution in [0.2, 0.25) is 0 Å². The first-order valence-electron chi connectivity index (χ1n) is 9.07. The van der Waals surface area contributed by atoms with E-state index in [1.165, 1.54) is 0 Å². The summed E-state index contributed by atoms with van der Waals surface area (Å²) < 4.78 is 1.83. The Balaban J connectivity index is 1.73. The second-order valence-electron chi connectivity index (χ2n) is 7.04. The molecule has 3 aromatic rings. The highest BCUT2D eigenvalue weighted by Gasteiger charge is 2.14. The lowest BCUT2D eigenvalue weighted by Crippen LogP contribution is -2.18. The van der Waals surface area contributed by atoms with Gasteiger partial charge in [0.1, 0.15) is 11.6 Å². The average Bonchev–Trinajstić information content (AvgIpc) is 3.05. The molecule has 0 saturated heterocycles. The van der Waals surface area contributed by atoms with Crippen molar-refractivity contribution in [1.29, 1.82) is 5.26 Å². The Morgan fingerprint density at radius 1 is 1.36 bits per heavy atom. The molecule has 3 aromatic heterocycles. The minimum atomic E-state index is -0.396. The van der Waals surface area contributed by atoms with Crippen LogP contribution in [-0.2, 0) is 11.2 Å². The van der Waals surface area contributed by atoms with Gasteiger partial charge < -0.3 is 10.3 Å². The van der Waals surface area contributed by atoms with Gasteiger partial charge in [-0.05, 0) is 51.3 Å². The molecule has 0 atom stereocenters. The van der Waals surface area contributed by atoms with Gasteiger partial charge in [-0.2, -0.15) is 10.4 Å². The third-order valence-corrected chi connectivity index (χ3v) is 4.73. The Bertz CT molecular complexity index is 1150. The van der Waals surface area contributed by atoms with Gasteiger partial charge in [0, 0.05) is 23.5 Å². The maximum absolute atomic E-state index is 12.4. The van der Waals surface area contributed by atoms with E-state index in [2.05, 4.69) is 20.4 Å². The standard InChI is InChI=1S/C20H22N6O2/c1-11(2)26-19-14(9-23-26)7-15(10-22-19)25-18(27)6-5-16-12(3)17(8-21)20(28)24-13(16)4/h7,9-11H,5-6H2,1-4H3,(H,24,28)(H,25,27). The second-order valence-corrected chi connectivity index (χ2v) is 7.04. The van der Waals surface area contributed by atoms with Gasteiger partial charge in [0.15, 0.2) is 5.65 Å². The summed E-state index contributed by atoms with van der Waals surface area (Å²) in [6, 6.07) is 3.97. The van der Waals surface area contributed by atoms with Crippen LogP contribution in [0.1, 0.15) is 48.7 Å². The molecule has 0 unspecified atom stereocenters. The number of hydrogen-bond donors (Lipinski definition) is 2. The molecule has 0 spiro atoms. The number of nitrogens with zero attached hydrogens (tertiary/aromatic N) is 4. The molecule has 2 N–H and O–H groups in total. The molecule has 0 fully saturated rings. The quantitative estimate of drug-likeness (QED) is 0.708. The van der Waals surface area contributed by atoms with Gasteiger partial charge in [-0.15, -0.1) is 0 Å². The van der Waals surface area contributed by atoms with E-state index < -0.39 is 5.56 Å². The zero-order valence-electron chi connectivity index (χ0n) is 16.3. The number of aryl methyl sites for hydroxylation is 1. The summed E-state index contributed by atoms with van der Waals surface area (Å²) in [5.41, 5.74) is 3.20. The Morgan fingerprint density at radius 3 is 2.79 bits per heavy atom. The van der Waals surface area contributed by atoms with Gasteiger partial charge in [0.05, 0.1) is 18.1 Å². The third-order valence-electron chi connectivity index (χ3n) is 4.73. The van der Waals surface area contributed by atoms with Crippen LogP contribution in [0.5, 0.6) is 0 Å². The summed E-state index contributed by atoms with van der Waals surface area (Å²) in [5.74, 6) is -0.166. The van der Waals surface area contributed by atoms with Gasteiger partial charge >= 0.3 is 0 Å². The SMILES string of the molecule is Cc1[nH]c(=O)c(C#N)c(C)c1CCC(=O)Nc1cnc2c(cnn2C(C)C)c1. The molecule has 0 aromatic carbocycles. The Morgan fingerprint density at radius 2 is 2.11 bits per heavy atom. The average molecular weight is 378 g/mol. The van der Waals surface area contributed by atoms with Gasteiger partial charge in [-0.25, -0.2) is 9.67 Å². The third kappa shape index (κ3) is 3.64. The smallest absolute Gasteiger partial charge is 0.266 e.